The Labute approximate surface area is 137 Å². The molecular formula is C19H25NO3. The van der Waals surface area contributed by atoms with Crippen LogP contribution in [0.5, 0.6) is 0 Å². The van der Waals surface area contributed by atoms with Crippen LogP contribution in [0.15, 0.2) is 42.5 Å². The Balaban J connectivity index is 2.20. The number of nitrogens with one attached hydrogen (secondary N) is 1. The van der Waals surface area contributed by atoms with Gasteiger partial charge in [-0.15, -0.1) is 0 Å². The summed E-state index contributed by atoms with van der Waals surface area (Å²) in [5, 5.41) is 14.3. The summed E-state index contributed by atoms with van der Waals surface area (Å²) in [6, 6.07) is 14.1. The number of aliphatic hydroxyl groups excluding tert-OH is 1. The molecule has 2 aromatic rings. The fraction of sp³-hybridized carbons (Fsp3) is 0.421. The molecule has 0 fully saturated rings. The number of carbonyl (C=O) groups is 1. The maximum absolute atomic E-state index is 12.1. The lowest BCUT2D eigenvalue weighted by Crippen LogP contribution is -2.35. The molecule has 0 aliphatic rings. The Morgan fingerprint density at radius 1 is 1.17 bits per heavy atom. The first-order valence-corrected chi connectivity index (χ1v) is 7.98. The van der Waals surface area contributed by atoms with Crippen LogP contribution in [0.3, 0.4) is 0 Å². The van der Waals surface area contributed by atoms with E-state index in [0.717, 1.165) is 16.3 Å². The predicted octanol–water partition coefficient (Wildman–Crippen LogP) is 4.18. The molecule has 2 rings (SSSR count). The van der Waals surface area contributed by atoms with Crippen LogP contribution in [-0.4, -0.2) is 23.4 Å². The van der Waals surface area contributed by atoms with Gasteiger partial charge in [-0.2, -0.15) is 0 Å². The summed E-state index contributed by atoms with van der Waals surface area (Å²) in [6.45, 7) is 5.61. The number of carbonyl (C=O) groups excluding carboxylic acids is 1. The molecule has 0 aliphatic heterocycles. The average molecular weight is 315 g/mol. The van der Waals surface area contributed by atoms with Gasteiger partial charge in [-0.1, -0.05) is 36.4 Å². The van der Waals surface area contributed by atoms with Gasteiger partial charge in [0.15, 0.2) is 0 Å². The Bertz CT molecular complexity index is 661. The first-order valence-electron chi connectivity index (χ1n) is 7.98. The first kappa shape index (κ1) is 17.3. The van der Waals surface area contributed by atoms with Crippen LogP contribution >= 0.6 is 0 Å². The van der Waals surface area contributed by atoms with Crippen LogP contribution in [0.1, 0.15) is 45.2 Å². The zero-order chi connectivity index (χ0) is 16.9. The summed E-state index contributed by atoms with van der Waals surface area (Å²) >= 11 is 0. The third-order valence-electron chi connectivity index (χ3n) is 3.52. The fourth-order valence-corrected chi connectivity index (χ4v) is 2.49. The molecule has 0 heterocycles. The van der Waals surface area contributed by atoms with Crippen molar-refractivity contribution in [1.82, 2.24) is 5.32 Å². The molecule has 0 saturated heterocycles. The van der Waals surface area contributed by atoms with E-state index in [2.05, 4.69) is 23.5 Å². The summed E-state index contributed by atoms with van der Waals surface area (Å²) in [7, 11) is 0. The molecular weight excluding hydrogens is 290 g/mol. The molecule has 1 amide bonds. The summed E-state index contributed by atoms with van der Waals surface area (Å²) < 4.78 is 5.34. The number of aliphatic hydroxyl groups is 1. The lowest BCUT2D eigenvalue weighted by molar-refractivity contribution is 0.0498. The average Bonchev–Trinajstić information content (AvgIpc) is 2.49. The van der Waals surface area contributed by atoms with Gasteiger partial charge >= 0.3 is 6.09 Å². The molecule has 0 radical (unpaired) electrons. The topological polar surface area (TPSA) is 58.6 Å². The van der Waals surface area contributed by atoms with Gasteiger partial charge in [-0.05, 0) is 56.0 Å². The highest BCUT2D eigenvalue weighted by molar-refractivity contribution is 5.83. The molecule has 2 aromatic carbocycles. The van der Waals surface area contributed by atoms with Crippen molar-refractivity contribution in [2.45, 2.75) is 45.3 Å². The lowest BCUT2D eigenvalue weighted by Gasteiger charge is -2.24. The highest BCUT2D eigenvalue weighted by Crippen LogP contribution is 2.24. The second-order valence-corrected chi connectivity index (χ2v) is 6.67. The molecule has 0 bridgehead atoms. The van der Waals surface area contributed by atoms with Crippen molar-refractivity contribution in [2.75, 3.05) is 6.61 Å². The van der Waals surface area contributed by atoms with E-state index in [4.69, 9.17) is 9.84 Å². The Hall–Kier alpha value is -2.07. The number of alkyl carbamates (subject to hydrolysis) is 1. The standard InChI is InChI=1S/C19H25NO3/c1-19(2,3)23-18(22)20-17(9-6-12-21)16-11-10-14-7-4-5-8-15(14)13-16/h4-5,7-8,10-11,13,17,21H,6,9,12H2,1-3H3,(H,20,22)/t17-/m0/s1. The molecule has 2 N–H and O–H groups in total. The van der Waals surface area contributed by atoms with Crippen molar-refractivity contribution in [1.29, 1.82) is 0 Å². The lowest BCUT2D eigenvalue weighted by atomic mass is 9.99. The third-order valence-corrected chi connectivity index (χ3v) is 3.52. The van der Waals surface area contributed by atoms with Crippen LogP contribution in [0.2, 0.25) is 0 Å². The zero-order valence-electron chi connectivity index (χ0n) is 14.0. The fourth-order valence-electron chi connectivity index (χ4n) is 2.49. The van der Waals surface area contributed by atoms with E-state index in [1.165, 1.54) is 0 Å². The Morgan fingerprint density at radius 2 is 1.87 bits per heavy atom. The number of amides is 1. The largest absolute Gasteiger partial charge is 0.444 e. The molecule has 0 spiro atoms. The van der Waals surface area contributed by atoms with Crippen molar-refractivity contribution < 1.29 is 14.6 Å². The zero-order valence-corrected chi connectivity index (χ0v) is 14.0. The maximum Gasteiger partial charge on any atom is 0.408 e. The minimum atomic E-state index is -0.533. The Morgan fingerprint density at radius 3 is 2.52 bits per heavy atom. The number of hydrogen-bond donors (Lipinski definition) is 2. The predicted molar refractivity (Wildman–Crippen MR) is 92.4 cm³/mol. The van der Waals surface area contributed by atoms with E-state index in [-0.39, 0.29) is 12.6 Å². The van der Waals surface area contributed by atoms with Gasteiger partial charge in [-0.25, -0.2) is 4.79 Å². The van der Waals surface area contributed by atoms with Crippen molar-refractivity contribution in [3.8, 4) is 0 Å². The van der Waals surface area contributed by atoms with Crippen molar-refractivity contribution >= 4 is 16.9 Å². The van der Waals surface area contributed by atoms with Crippen LogP contribution in [0, 0.1) is 0 Å². The monoisotopic (exact) mass is 315 g/mol. The number of fused-ring (bicyclic) bond motifs is 1. The van der Waals surface area contributed by atoms with Crippen molar-refractivity contribution in [3.05, 3.63) is 48.0 Å². The van der Waals surface area contributed by atoms with E-state index in [1.54, 1.807) is 0 Å². The Kier molecular flexibility index (Phi) is 5.61. The molecule has 4 heteroatoms. The van der Waals surface area contributed by atoms with Gasteiger partial charge in [0, 0.05) is 6.61 Å². The van der Waals surface area contributed by atoms with Crippen LogP contribution < -0.4 is 5.32 Å². The quantitative estimate of drug-likeness (QED) is 0.870. The second kappa shape index (κ2) is 7.47. The normalized spacial score (nSPS) is 12.9. The van der Waals surface area contributed by atoms with Crippen LogP contribution in [0.4, 0.5) is 4.79 Å². The van der Waals surface area contributed by atoms with Gasteiger partial charge in [0.1, 0.15) is 5.60 Å². The molecule has 0 aliphatic carbocycles. The molecule has 23 heavy (non-hydrogen) atoms. The number of rotatable bonds is 5. The van der Waals surface area contributed by atoms with Crippen molar-refractivity contribution in [3.63, 3.8) is 0 Å². The molecule has 0 saturated carbocycles. The number of ether oxygens (including phenoxy) is 1. The van der Waals surface area contributed by atoms with E-state index < -0.39 is 11.7 Å². The van der Waals surface area contributed by atoms with Crippen LogP contribution in [0.25, 0.3) is 10.8 Å². The van der Waals surface area contributed by atoms with Crippen molar-refractivity contribution in [2.24, 2.45) is 0 Å². The summed E-state index contributed by atoms with van der Waals surface area (Å²) in [4.78, 5) is 12.1. The van der Waals surface area contributed by atoms with E-state index in [1.807, 2.05) is 45.0 Å². The van der Waals surface area contributed by atoms with Gasteiger partial charge in [0.2, 0.25) is 0 Å². The smallest absolute Gasteiger partial charge is 0.408 e. The molecule has 0 aromatic heterocycles. The van der Waals surface area contributed by atoms with Crippen LogP contribution in [-0.2, 0) is 4.74 Å². The number of benzene rings is 2. The summed E-state index contributed by atoms with van der Waals surface area (Å²) in [5.41, 5.74) is 0.484. The van der Waals surface area contributed by atoms with E-state index >= 15 is 0 Å². The highest BCUT2D eigenvalue weighted by atomic mass is 16.6. The van der Waals surface area contributed by atoms with Gasteiger partial charge < -0.3 is 15.2 Å². The highest BCUT2D eigenvalue weighted by Gasteiger charge is 2.20. The summed E-state index contributed by atoms with van der Waals surface area (Å²) in [5.74, 6) is 0. The number of hydrogen-bond acceptors (Lipinski definition) is 3. The maximum atomic E-state index is 12.1. The molecule has 4 nitrogen and oxygen atoms in total. The second-order valence-electron chi connectivity index (χ2n) is 6.67. The SMILES string of the molecule is CC(C)(C)OC(=O)N[C@@H](CCCO)c1ccc2ccccc2c1. The van der Waals surface area contributed by atoms with E-state index in [9.17, 15) is 4.79 Å². The minimum Gasteiger partial charge on any atom is -0.444 e. The van der Waals surface area contributed by atoms with Gasteiger partial charge in [-0.3, -0.25) is 0 Å². The summed E-state index contributed by atoms with van der Waals surface area (Å²) in [6.07, 6.45) is 0.843. The first-order chi connectivity index (χ1) is 10.9. The molecule has 124 valence electrons. The van der Waals surface area contributed by atoms with Gasteiger partial charge in [0.25, 0.3) is 0 Å². The van der Waals surface area contributed by atoms with Gasteiger partial charge in [0.05, 0.1) is 6.04 Å². The molecule has 0 unspecified atom stereocenters. The van der Waals surface area contributed by atoms with E-state index in [0.29, 0.717) is 12.8 Å². The molecule has 1 atom stereocenters. The third kappa shape index (κ3) is 5.25. The minimum absolute atomic E-state index is 0.0973.